The maximum Gasteiger partial charge on any atom is 0.490 e. The Morgan fingerprint density at radius 2 is 2.04 bits per heavy atom. The molecule has 0 spiro atoms. The van der Waals surface area contributed by atoms with Gasteiger partial charge in [-0.05, 0) is 18.4 Å². The van der Waals surface area contributed by atoms with Gasteiger partial charge in [-0.2, -0.15) is 13.2 Å². The predicted octanol–water partition coefficient (Wildman–Crippen LogP) is 1.19. The fourth-order valence-electron chi connectivity index (χ4n) is 3.31. The highest BCUT2D eigenvalue weighted by Gasteiger charge is 2.42. The lowest BCUT2D eigenvalue weighted by molar-refractivity contribution is -0.192. The summed E-state index contributed by atoms with van der Waals surface area (Å²) in [5.74, 6) is -1.94. The fourth-order valence-corrected chi connectivity index (χ4v) is 3.31. The number of carbonyl (C=O) groups is 2. The highest BCUT2D eigenvalue weighted by Crippen LogP contribution is 2.32. The van der Waals surface area contributed by atoms with Gasteiger partial charge in [-0.15, -0.1) is 0 Å². The first-order chi connectivity index (χ1) is 12.2. The molecule has 2 atom stereocenters. The SMILES string of the molecule is O=C(O)C(F)(F)F.O=C1[C@H]2CN(Cc3ccoc3)C[C@@H]2CCN1CCO. The lowest BCUT2D eigenvalue weighted by Gasteiger charge is -2.33. The van der Waals surface area contributed by atoms with E-state index in [1.54, 1.807) is 12.5 Å². The number of hydrogen-bond acceptors (Lipinski definition) is 5. The van der Waals surface area contributed by atoms with Crippen LogP contribution in [0.2, 0.25) is 0 Å². The second-order valence-corrected chi connectivity index (χ2v) is 6.33. The number of amides is 1. The van der Waals surface area contributed by atoms with Crippen molar-refractivity contribution in [3.8, 4) is 0 Å². The van der Waals surface area contributed by atoms with Crippen LogP contribution in [0.1, 0.15) is 12.0 Å². The molecule has 0 unspecified atom stereocenters. The Labute approximate surface area is 148 Å². The Hall–Kier alpha value is -2.07. The number of aliphatic carboxylic acids is 1. The largest absolute Gasteiger partial charge is 0.490 e. The van der Waals surface area contributed by atoms with E-state index < -0.39 is 12.1 Å². The van der Waals surface area contributed by atoms with Crippen molar-refractivity contribution < 1.29 is 37.4 Å². The van der Waals surface area contributed by atoms with Crippen molar-refractivity contribution in [1.29, 1.82) is 0 Å². The molecular formula is C16H21F3N2O5. The number of carboxylic acids is 1. The van der Waals surface area contributed by atoms with Crippen molar-refractivity contribution in [2.24, 2.45) is 11.8 Å². The van der Waals surface area contributed by atoms with Gasteiger partial charge in [0.25, 0.3) is 0 Å². The summed E-state index contributed by atoms with van der Waals surface area (Å²) < 4.78 is 36.8. The lowest BCUT2D eigenvalue weighted by Crippen LogP contribution is -2.46. The van der Waals surface area contributed by atoms with Gasteiger partial charge in [0.2, 0.25) is 5.91 Å². The monoisotopic (exact) mass is 378 g/mol. The van der Waals surface area contributed by atoms with Gasteiger partial charge in [-0.1, -0.05) is 0 Å². The Bertz CT molecular complexity index is 606. The number of rotatable bonds is 4. The summed E-state index contributed by atoms with van der Waals surface area (Å²) >= 11 is 0. The summed E-state index contributed by atoms with van der Waals surface area (Å²) in [6.45, 7) is 4.01. The Kier molecular flexibility index (Phi) is 6.65. The van der Waals surface area contributed by atoms with Crippen molar-refractivity contribution in [2.45, 2.75) is 19.1 Å². The van der Waals surface area contributed by atoms with Crippen molar-refractivity contribution in [1.82, 2.24) is 9.80 Å². The smallest absolute Gasteiger partial charge is 0.475 e. The van der Waals surface area contributed by atoms with Crippen molar-refractivity contribution in [3.05, 3.63) is 24.2 Å². The number of carboxylic acid groups (broad SMARTS) is 1. The molecule has 10 heteroatoms. The van der Waals surface area contributed by atoms with Gasteiger partial charge in [0.05, 0.1) is 25.1 Å². The molecular weight excluding hydrogens is 357 g/mol. The topological polar surface area (TPSA) is 94.2 Å². The Morgan fingerprint density at radius 1 is 1.35 bits per heavy atom. The third kappa shape index (κ3) is 5.21. The zero-order valence-electron chi connectivity index (χ0n) is 14.0. The van der Waals surface area contributed by atoms with Gasteiger partial charge in [0.15, 0.2) is 0 Å². The van der Waals surface area contributed by atoms with Crippen molar-refractivity contribution in [2.75, 3.05) is 32.8 Å². The molecule has 3 heterocycles. The zero-order valence-corrected chi connectivity index (χ0v) is 14.0. The average Bonchev–Trinajstić information content (AvgIpc) is 3.20. The van der Waals surface area contributed by atoms with Crippen LogP contribution in [0.25, 0.3) is 0 Å². The molecule has 1 amide bonds. The molecule has 7 nitrogen and oxygen atoms in total. The number of aliphatic hydroxyl groups is 1. The normalized spacial score (nSPS) is 23.4. The number of hydrogen-bond donors (Lipinski definition) is 2. The van der Waals surface area contributed by atoms with E-state index in [4.69, 9.17) is 19.4 Å². The van der Waals surface area contributed by atoms with E-state index in [0.29, 0.717) is 12.5 Å². The second kappa shape index (κ2) is 8.54. The average molecular weight is 378 g/mol. The number of piperidine rings is 1. The van der Waals surface area contributed by atoms with E-state index >= 15 is 0 Å². The van der Waals surface area contributed by atoms with E-state index in [1.807, 2.05) is 11.0 Å². The first-order valence-electron chi connectivity index (χ1n) is 8.15. The summed E-state index contributed by atoms with van der Waals surface area (Å²) in [6, 6.07) is 1.97. The van der Waals surface area contributed by atoms with Gasteiger partial charge < -0.3 is 19.5 Å². The molecule has 2 fully saturated rings. The molecule has 2 N–H and O–H groups in total. The van der Waals surface area contributed by atoms with Gasteiger partial charge in [0.1, 0.15) is 0 Å². The Morgan fingerprint density at radius 3 is 2.58 bits per heavy atom. The van der Waals surface area contributed by atoms with Gasteiger partial charge in [-0.3, -0.25) is 9.69 Å². The maximum absolute atomic E-state index is 12.3. The number of fused-ring (bicyclic) bond motifs is 1. The molecule has 0 aromatic carbocycles. The molecule has 0 radical (unpaired) electrons. The van der Waals surface area contributed by atoms with E-state index in [0.717, 1.165) is 32.6 Å². The van der Waals surface area contributed by atoms with Crippen LogP contribution in [0, 0.1) is 11.8 Å². The number of nitrogens with zero attached hydrogens (tertiary/aromatic N) is 2. The molecule has 2 aliphatic rings. The van der Waals surface area contributed by atoms with Crippen LogP contribution < -0.4 is 0 Å². The number of aliphatic hydroxyl groups excluding tert-OH is 1. The summed E-state index contributed by atoms with van der Waals surface area (Å²) in [6.07, 6.45) is -0.577. The fraction of sp³-hybridized carbons (Fsp3) is 0.625. The highest BCUT2D eigenvalue weighted by atomic mass is 19.4. The first kappa shape index (κ1) is 20.2. The van der Waals surface area contributed by atoms with Crippen molar-refractivity contribution in [3.63, 3.8) is 0 Å². The number of alkyl halides is 3. The van der Waals surface area contributed by atoms with Crippen LogP contribution in [0.15, 0.2) is 23.0 Å². The van der Waals surface area contributed by atoms with Crippen LogP contribution in [0.3, 0.4) is 0 Å². The predicted molar refractivity (Wildman–Crippen MR) is 82.9 cm³/mol. The summed E-state index contributed by atoms with van der Waals surface area (Å²) in [7, 11) is 0. The molecule has 2 saturated heterocycles. The van der Waals surface area contributed by atoms with E-state index in [9.17, 15) is 18.0 Å². The molecule has 0 bridgehead atoms. The number of furan rings is 1. The number of carbonyl (C=O) groups excluding carboxylic acids is 1. The minimum atomic E-state index is -5.08. The lowest BCUT2D eigenvalue weighted by atomic mass is 9.88. The van der Waals surface area contributed by atoms with Gasteiger partial charge >= 0.3 is 12.1 Å². The summed E-state index contributed by atoms with van der Waals surface area (Å²) in [5.41, 5.74) is 1.17. The van der Waals surface area contributed by atoms with Crippen LogP contribution in [-0.2, 0) is 16.1 Å². The highest BCUT2D eigenvalue weighted by molar-refractivity contribution is 5.80. The van der Waals surface area contributed by atoms with Crippen molar-refractivity contribution >= 4 is 11.9 Å². The third-order valence-corrected chi connectivity index (χ3v) is 4.51. The Balaban J connectivity index is 0.000000298. The molecule has 2 aliphatic heterocycles. The standard InChI is InChI=1S/C14H20N2O3.C2HF3O2/c17-5-4-16-3-1-12-8-15(9-13(12)14(16)18)7-11-2-6-19-10-11;3-2(4,5)1(6)7/h2,6,10,12-13,17H,1,3-5,7-9H2;(H,6,7)/t12-,13-;/m0./s1. The van der Waals surface area contributed by atoms with E-state index in [-0.39, 0.29) is 18.4 Å². The van der Waals surface area contributed by atoms with E-state index in [1.165, 1.54) is 5.56 Å². The maximum atomic E-state index is 12.3. The van der Waals surface area contributed by atoms with Crippen LogP contribution in [0.5, 0.6) is 0 Å². The minimum Gasteiger partial charge on any atom is -0.475 e. The molecule has 0 aliphatic carbocycles. The quantitative estimate of drug-likeness (QED) is 0.817. The molecule has 26 heavy (non-hydrogen) atoms. The van der Waals surface area contributed by atoms with E-state index in [2.05, 4.69) is 4.90 Å². The molecule has 3 rings (SSSR count). The molecule has 0 saturated carbocycles. The third-order valence-electron chi connectivity index (χ3n) is 4.51. The number of likely N-dealkylation sites (tertiary alicyclic amines) is 2. The second-order valence-electron chi connectivity index (χ2n) is 6.33. The zero-order chi connectivity index (χ0) is 19.3. The number of β-amino-alcohol motifs (C(OH)–C–C–N with tert-alkyl or cyclic N) is 1. The first-order valence-corrected chi connectivity index (χ1v) is 8.15. The summed E-state index contributed by atoms with van der Waals surface area (Å²) in [4.78, 5) is 25.4. The van der Waals surface area contributed by atoms with Crippen LogP contribution >= 0.6 is 0 Å². The molecule has 1 aromatic rings. The minimum absolute atomic E-state index is 0.0574. The van der Waals surface area contributed by atoms with Crippen LogP contribution in [0.4, 0.5) is 13.2 Å². The molecule has 1 aromatic heterocycles. The summed E-state index contributed by atoms with van der Waals surface area (Å²) in [5, 5.41) is 16.1. The van der Waals surface area contributed by atoms with Gasteiger partial charge in [0, 0.05) is 38.3 Å². The van der Waals surface area contributed by atoms with Crippen LogP contribution in [-0.4, -0.2) is 70.9 Å². The molecule has 146 valence electrons. The van der Waals surface area contributed by atoms with Gasteiger partial charge in [-0.25, -0.2) is 4.79 Å². The number of halogens is 3.